The summed E-state index contributed by atoms with van der Waals surface area (Å²) in [7, 11) is 1.51. The van der Waals surface area contributed by atoms with Crippen LogP contribution in [0.1, 0.15) is 32.3 Å². The molecule has 5 aliphatic heterocycles. The second-order valence-electron chi connectivity index (χ2n) is 9.46. The van der Waals surface area contributed by atoms with Crippen molar-refractivity contribution in [2.45, 2.75) is 55.9 Å². The van der Waals surface area contributed by atoms with Gasteiger partial charge in [0.1, 0.15) is 17.6 Å². The van der Waals surface area contributed by atoms with E-state index in [-0.39, 0.29) is 35.3 Å². The van der Waals surface area contributed by atoms with Gasteiger partial charge < -0.3 is 14.2 Å². The molecule has 5 heterocycles. The van der Waals surface area contributed by atoms with Gasteiger partial charge in [0.25, 0.3) is 5.91 Å². The zero-order chi connectivity index (χ0) is 21.5. The predicted octanol–water partition coefficient (Wildman–Crippen LogP) is 1.62. The molecule has 8 heteroatoms. The number of para-hydroxylation sites is 1. The van der Waals surface area contributed by atoms with Crippen molar-refractivity contribution < 1.29 is 28.6 Å². The number of carbonyl (C=O) groups excluding carboxylic acids is 2. The molecule has 166 valence electrons. The van der Waals surface area contributed by atoms with E-state index in [9.17, 15) is 9.59 Å². The molecule has 0 radical (unpaired) electrons. The fourth-order valence-electron chi connectivity index (χ4n) is 7.46. The van der Waals surface area contributed by atoms with Crippen LogP contribution in [0.15, 0.2) is 24.3 Å². The van der Waals surface area contributed by atoms with Crippen LogP contribution in [-0.2, 0) is 34.1 Å². The Labute approximate surface area is 181 Å². The number of carbonyl (C=O) groups is 2. The van der Waals surface area contributed by atoms with Crippen LogP contribution in [0.2, 0.25) is 0 Å². The zero-order valence-electron chi connectivity index (χ0n) is 18.1. The van der Waals surface area contributed by atoms with Crippen LogP contribution in [0.4, 0.5) is 5.69 Å². The van der Waals surface area contributed by atoms with E-state index in [1.54, 1.807) is 0 Å². The van der Waals surface area contributed by atoms with Gasteiger partial charge in [-0.15, -0.1) is 0 Å². The molecule has 8 nitrogen and oxygen atoms in total. The number of ether oxygens (including phenoxy) is 3. The first kappa shape index (κ1) is 19.7. The number of benzene rings is 1. The Hall–Kier alpha value is -2.00. The fourth-order valence-corrected chi connectivity index (χ4v) is 7.46. The molecular formula is C23H28N2O6. The topological polar surface area (TPSA) is 77.5 Å². The van der Waals surface area contributed by atoms with Crippen LogP contribution >= 0.6 is 0 Å². The molecule has 7 atom stereocenters. The van der Waals surface area contributed by atoms with Crippen molar-refractivity contribution in [3.63, 3.8) is 0 Å². The molecule has 0 N–H and O–H groups in total. The van der Waals surface area contributed by atoms with E-state index in [0.29, 0.717) is 26.4 Å². The Balaban J connectivity index is 1.58. The highest BCUT2D eigenvalue weighted by molar-refractivity contribution is 6.07. The van der Waals surface area contributed by atoms with Gasteiger partial charge in [-0.05, 0) is 24.5 Å². The number of hydrogen-bond acceptors (Lipinski definition) is 7. The van der Waals surface area contributed by atoms with Crippen LogP contribution in [0.25, 0.3) is 0 Å². The fraction of sp³-hybridized carbons (Fsp3) is 0.652. The summed E-state index contributed by atoms with van der Waals surface area (Å²) >= 11 is 0. The van der Waals surface area contributed by atoms with Gasteiger partial charge in [0.05, 0.1) is 38.3 Å². The van der Waals surface area contributed by atoms with Crippen molar-refractivity contribution in [1.82, 2.24) is 4.90 Å². The lowest BCUT2D eigenvalue weighted by atomic mass is 9.67. The van der Waals surface area contributed by atoms with Gasteiger partial charge in [0, 0.05) is 24.8 Å². The average molecular weight is 428 g/mol. The molecule has 1 aromatic rings. The summed E-state index contributed by atoms with van der Waals surface area (Å²) in [4.78, 5) is 34.2. The van der Waals surface area contributed by atoms with Crippen LogP contribution in [0.5, 0.6) is 0 Å². The Bertz CT molecular complexity index is 954. The van der Waals surface area contributed by atoms with E-state index >= 15 is 0 Å². The number of nitrogens with zero attached hydrogens (tertiary/aromatic N) is 2. The minimum atomic E-state index is -0.969. The molecule has 1 saturated carbocycles. The van der Waals surface area contributed by atoms with Gasteiger partial charge in [0.15, 0.2) is 0 Å². The maximum absolute atomic E-state index is 14.0. The summed E-state index contributed by atoms with van der Waals surface area (Å²) in [6, 6.07) is 7.83. The van der Waals surface area contributed by atoms with Crippen molar-refractivity contribution in [2.75, 3.05) is 32.1 Å². The summed E-state index contributed by atoms with van der Waals surface area (Å²) < 4.78 is 18.5. The zero-order valence-corrected chi connectivity index (χ0v) is 18.1. The second-order valence-corrected chi connectivity index (χ2v) is 9.46. The Kier molecular flexibility index (Phi) is 4.13. The molecule has 4 bridgehead atoms. The first-order valence-corrected chi connectivity index (χ1v) is 11.1. The minimum Gasteiger partial charge on any atom is -0.459 e. The number of amides is 1. The predicted molar refractivity (Wildman–Crippen MR) is 109 cm³/mol. The van der Waals surface area contributed by atoms with E-state index in [2.05, 4.69) is 11.8 Å². The molecule has 1 aromatic carbocycles. The van der Waals surface area contributed by atoms with Gasteiger partial charge in [-0.25, -0.2) is 0 Å². The third kappa shape index (κ3) is 2.19. The molecule has 31 heavy (non-hydrogen) atoms. The normalized spacial score (nSPS) is 42.7. The molecule has 5 fully saturated rings. The van der Waals surface area contributed by atoms with Crippen LogP contribution < -0.4 is 5.06 Å². The molecular weight excluding hydrogens is 400 g/mol. The number of rotatable bonds is 3. The van der Waals surface area contributed by atoms with E-state index < -0.39 is 17.6 Å². The third-order valence-corrected chi connectivity index (χ3v) is 8.53. The van der Waals surface area contributed by atoms with Crippen molar-refractivity contribution >= 4 is 17.6 Å². The summed E-state index contributed by atoms with van der Waals surface area (Å²) in [5.74, 6) is -0.253. The van der Waals surface area contributed by atoms with E-state index in [0.717, 1.165) is 17.7 Å². The largest absolute Gasteiger partial charge is 0.459 e. The first-order chi connectivity index (χ1) is 15.0. The van der Waals surface area contributed by atoms with E-state index in [4.69, 9.17) is 19.0 Å². The van der Waals surface area contributed by atoms with Crippen molar-refractivity contribution in [3.05, 3.63) is 29.8 Å². The van der Waals surface area contributed by atoms with Crippen LogP contribution in [0, 0.1) is 11.8 Å². The van der Waals surface area contributed by atoms with Gasteiger partial charge in [-0.2, -0.15) is 5.06 Å². The number of hydrogen-bond donors (Lipinski definition) is 0. The molecule has 1 aliphatic carbocycles. The lowest BCUT2D eigenvalue weighted by Crippen LogP contribution is -2.64. The molecule has 1 amide bonds. The lowest BCUT2D eigenvalue weighted by Gasteiger charge is -2.49. The van der Waals surface area contributed by atoms with E-state index in [1.807, 2.05) is 24.3 Å². The van der Waals surface area contributed by atoms with Gasteiger partial charge in [0.2, 0.25) is 0 Å². The molecule has 0 aromatic heterocycles. The molecule has 4 saturated heterocycles. The highest BCUT2D eigenvalue weighted by atomic mass is 16.7. The number of hydroxylamine groups is 1. The molecule has 7 rings (SSSR count). The lowest BCUT2D eigenvalue weighted by molar-refractivity contribution is -0.192. The summed E-state index contributed by atoms with van der Waals surface area (Å²) in [5, 5.41) is 1.38. The number of fused-ring (bicyclic) bond motifs is 3. The van der Waals surface area contributed by atoms with Crippen molar-refractivity contribution in [3.8, 4) is 0 Å². The maximum Gasteiger partial charge on any atom is 0.303 e. The van der Waals surface area contributed by atoms with E-state index in [1.165, 1.54) is 19.1 Å². The number of esters is 1. The van der Waals surface area contributed by atoms with Crippen molar-refractivity contribution in [1.29, 1.82) is 0 Å². The smallest absolute Gasteiger partial charge is 0.303 e. The monoisotopic (exact) mass is 428 g/mol. The average Bonchev–Trinajstić information content (AvgIpc) is 3.29. The first-order valence-electron chi connectivity index (χ1n) is 11.1. The Morgan fingerprint density at radius 3 is 2.87 bits per heavy atom. The van der Waals surface area contributed by atoms with Crippen LogP contribution in [0.3, 0.4) is 0 Å². The summed E-state index contributed by atoms with van der Waals surface area (Å²) in [6.45, 7) is 5.32. The highest BCUT2D eigenvalue weighted by Gasteiger charge is 2.74. The van der Waals surface area contributed by atoms with Gasteiger partial charge >= 0.3 is 5.97 Å². The molecule has 6 aliphatic rings. The highest BCUT2D eigenvalue weighted by Crippen LogP contribution is 2.63. The molecule has 7 unspecified atom stereocenters. The van der Waals surface area contributed by atoms with Crippen LogP contribution in [-0.4, -0.2) is 67.6 Å². The van der Waals surface area contributed by atoms with Crippen molar-refractivity contribution in [2.24, 2.45) is 11.8 Å². The third-order valence-electron chi connectivity index (χ3n) is 8.53. The standard InChI is InChI=1S/C23H28N2O6/c1-4-22-11-29-12-24(22)17-9-23(15-7-5-6-8-16(15)25(28-3)21(23)27)20-19(31-13(2)26)18(22)14(17)10-30-20/h5-8,14,17-20H,4,9-12H2,1-3H3. The summed E-state index contributed by atoms with van der Waals surface area (Å²) in [6.07, 6.45) is 0.401. The minimum absolute atomic E-state index is 0.0589. The quantitative estimate of drug-likeness (QED) is 0.677. The number of anilines is 1. The van der Waals surface area contributed by atoms with Gasteiger partial charge in [-0.3, -0.25) is 19.3 Å². The second kappa shape index (κ2) is 6.51. The Morgan fingerprint density at radius 1 is 1.32 bits per heavy atom. The maximum atomic E-state index is 14.0. The SMILES string of the molecule is CCC12COCN1C1CC3(C(=O)N(OC)c4ccccc43)C3OCC1C2C3OC(C)=O. The van der Waals surface area contributed by atoms with Gasteiger partial charge in [-0.1, -0.05) is 25.1 Å². The summed E-state index contributed by atoms with van der Waals surface area (Å²) in [5.41, 5.74) is 0.463. The molecule has 1 spiro atoms. The Morgan fingerprint density at radius 2 is 2.13 bits per heavy atom.